The fraction of sp³-hybridized carbons (Fsp3) is 1.00. The van der Waals surface area contributed by atoms with E-state index in [1.54, 1.807) is 20.8 Å². The standard InChI is InChI=1S/C12H24O4/c1-8-12(6,14)9(13)11(5,16-8)7-15-10(2,3)4/h8-9,13-14H,7H2,1-6H3. The number of ether oxygens (including phenoxy) is 2. The zero-order chi connectivity index (χ0) is 12.8. The van der Waals surface area contributed by atoms with Crippen LogP contribution in [0.2, 0.25) is 0 Å². The summed E-state index contributed by atoms with van der Waals surface area (Å²) in [7, 11) is 0. The molecular weight excluding hydrogens is 208 g/mol. The molecule has 1 aliphatic rings. The van der Waals surface area contributed by atoms with Crippen LogP contribution in [-0.4, -0.2) is 45.8 Å². The molecule has 0 aromatic heterocycles. The molecule has 4 unspecified atom stereocenters. The third-order valence-electron chi connectivity index (χ3n) is 3.19. The minimum Gasteiger partial charge on any atom is -0.387 e. The Morgan fingerprint density at radius 3 is 2.12 bits per heavy atom. The first-order valence-electron chi connectivity index (χ1n) is 5.71. The Morgan fingerprint density at radius 1 is 1.31 bits per heavy atom. The summed E-state index contributed by atoms with van der Waals surface area (Å²) < 4.78 is 11.3. The highest BCUT2D eigenvalue weighted by molar-refractivity contribution is 5.06. The number of hydrogen-bond donors (Lipinski definition) is 2. The van der Waals surface area contributed by atoms with Gasteiger partial charge in [-0.05, 0) is 41.5 Å². The second kappa shape index (κ2) is 3.95. The molecule has 0 aliphatic carbocycles. The molecule has 1 saturated heterocycles. The van der Waals surface area contributed by atoms with E-state index in [0.29, 0.717) is 0 Å². The molecule has 1 heterocycles. The Kier molecular flexibility index (Phi) is 3.43. The van der Waals surface area contributed by atoms with Gasteiger partial charge in [-0.1, -0.05) is 0 Å². The topological polar surface area (TPSA) is 58.9 Å². The molecule has 4 nitrogen and oxygen atoms in total. The van der Waals surface area contributed by atoms with Crippen LogP contribution in [0.25, 0.3) is 0 Å². The average Bonchev–Trinajstić information content (AvgIpc) is 2.25. The van der Waals surface area contributed by atoms with E-state index < -0.39 is 23.4 Å². The van der Waals surface area contributed by atoms with Crippen molar-refractivity contribution >= 4 is 0 Å². The van der Waals surface area contributed by atoms with Crippen LogP contribution >= 0.6 is 0 Å². The number of rotatable bonds is 2. The quantitative estimate of drug-likeness (QED) is 0.748. The van der Waals surface area contributed by atoms with Crippen molar-refractivity contribution in [1.29, 1.82) is 0 Å². The maximum absolute atomic E-state index is 10.1. The van der Waals surface area contributed by atoms with Crippen molar-refractivity contribution in [2.45, 2.75) is 70.6 Å². The molecule has 16 heavy (non-hydrogen) atoms. The van der Waals surface area contributed by atoms with Crippen molar-refractivity contribution in [1.82, 2.24) is 0 Å². The minimum absolute atomic E-state index is 0.262. The fourth-order valence-electron chi connectivity index (χ4n) is 1.90. The molecule has 0 bridgehead atoms. The molecule has 2 N–H and O–H groups in total. The van der Waals surface area contributed by atoms with Crippen LogP contribution in [0.15, 0.2) is 0 Å². The lowest BCUT2D eigenvalue weighted by Crippen LogP contribution is -2.51. The van der Waals surface area contributed by atoms with E-state index in [4.69, 9.17) is 9.47 Å². The normalized spacial score (nSPS) is 45.0. The molecule has 0 saturated carbocycles. The smallest absolute Gasteiger partial charge is 0.118 e. The van der Waals surface area contributed by atoms with E-state index >= 15 is 0 Å². The van der Waals surface area contributed by atoms with Gasteiger partial charge in [-0.25, -0.2) is 0 Å². The highest BCUT2D eigenvalue weighted by Crippen LogP contribution is 2.38. The van der Waals surface area contributed by atoms with Crippen LogP contribution in [-0.2, 0) is 9.47 Å². The Balaban J connectivity index is 2.73. The first-order chi connectivity index (χ1) is 6.99. The summed E-state index contributed by atoms with van der Waals surface area (Å²) in [5, 5.41) is 20.2. The first kappa shape index (κ1) is 13.9. The molecule has 4 heteroatoms. The lowest BCUT2D eigenvalue weighted by Gasteiger charge is -2.32. The molecule has 0 aromatic carbocycles. The van der Waals surface area contributed by atoms with Crippen molar-refractivity contribution in [3.63, 3.8) is 0 Å². The van der Waals surface area contributed by atoms with Gasteiger partial charge in [0.1, 0.15) is 17.3 Å². The number of aliphatic hydroxyl groups excluding tert-OH is 1. The number of aliphatic hydroxyl groups is 2. The SMILES string of the molecule is CC1OC(C)(COC(C)(C)C)C(O)C1(C)O. The maximum atomic E-state index is 10.1. The molecule has 1 aliphatic heterocycles. The molecule has 4 atom stereocenters. The molecular formula is C12H24O4. The Morgan fingerprint density at radius 2 is 1.81 bits per heavy atom. The van der Waals surface area contributed by atoms with E-state index in [2.05, 4.69) is 0 Å². The van der Waals surface area contributed by atoms with E-state index in [0.717, 1.165) is 0 Å². The molecule has 0 aromatic rings. The lowest BCUT2D eigenvalue weighted by atomic mass is 9.87. The van der Waals surface area contributed by atoms with Crippen molar-refractivity contribution < 1.29 is 19.7 Å². The van der Waals surface area contributed by atoms with Gasteiger partial charge in [-0.3, -0.25) is 0 Å². The summed E-state index contributed by atoms with van der Waals surface area (Å²) in [4.78, 5) is 0. The Bertz CT molecular complexity index is 256. The van der Waals surface area contributed by atoms with Crippen molar-refractivity contribution in [3.8, 4) is 0 Å². The van der Waals surface area contributed by atoms with Gasteiger partial charge in [0.25, 0.3) is 0 Å². The minimum atomic E-state index is -1.23. The predicted octanol–water partition coefficient (Wildman–Crippen LogP) is 1.09. The molecule has 1 fully saturated rings. The Labute approximate surface area is 97.6 Å². The van der Waals surface area contributed by atoms with Crippen molar-refractivity contribution in [2.75, 3.05) is 6.61 Å². The van der Waals surface area contributed by atoms with Gasteiger partial charge < -0.3 is 19.7 Å². The zero-order valence-electron chi connectivity index (χ0n) is 11.1. The monoisotopic (exact) mass is 232 g/mol. The highest BCUT2D eigenvalue weighted by atomic mass is 16.6. The summed E-state index contributed by atoms with van der Waals surface area (Å²) >= 11 is 0. The van der Waals surface area contributed by atoms with Gasteiger partial charge in [0.15, 0.2) is 0 Å². The average molecular weight is 232 g/mol. The summed E-state index contributed by atoms with van der Waals surface area (Å²) in [5.41, 5.74) is -2.37. The van der Waals surface area contributed by atoms with Crippen LogP contribution in [0.5, 0.6) is 0 Å². The van der Waals surface area contributed by atoms with Crippen LogP contribution in [0.1, 0.15) is 41.5 Å². The summed E-state index contributed by atoms with van der Waals surface area (Å²) in [5.74, 6) is 0. The van der Waals surface area contributed by atoms with Gasteiger partial charge in [0.2, 0.25) is 0 Å². The van der Waals surface area contributed by atoms with E-state index in [-0.39, 0.29) is 12.2 Å². The largest absolute Gasteiger partial charge is 0.387 e. The molecule has 0 spiro atoms. The summed E-state index contributed by atoms with van der Waals surface area (Å²) in [6, 6.07) is 0. The second-order valence-corrected chi connectivity index (χ2v) is 6.10. The van der Waals surface area contributed by atoms with Crippen molar-refractivity contribution in [3.05, 3.63) is 0 Å². The zero-order valence-corrected chi connectivity index (χ0v) is 11.1. The van der Waals surface area contributed by atoms with E-state index in [9.17, 15) is 10.2 Å². The highest BCUT2D eigenvalue weighted by Gasteiger charge is 2.57. The third-order valence-corrected chi connectivity index (χ3v) is 3.19. The molecule has 0 radical (unpaired) electrons. The van der Waals surface area contributed by atoms with Gasteiger partial charge in [0, 0.05) is 0 Å². The molecule has 96 valence electrons. The van der Waals surface area contributed by atoms with Gasteiger partial charge in [-0.2, -0.15) is 0 Å². The lowest BCUT2D eigenvalue weighted by molar-refractivity contribution is -0.142. The van der Waals surface area contributed by atoms with Crippen molar-refractivity contribution in [2.24, 2.45) is 0 Å². The number of hydrogen-bond acceptors (Lipinski definition) is 4. The van der Waals surface area contributed by atoms with E-state index in [1.165, 1.54) is 0 Å². The third kappa shape index (κ3) is 2.56. The summed E-state index contributed by atoms with van der Waals surface area (Å²) in [6.45, 7) is 11.2. The summed E-state index contributed by atoms with van der Waals surface area (Å²) in [6.07, 6.45) is -1.35. The second-order valence-electron chi connectivity index (χ2n) is 6.10. The molecule has 0 amide bonds. The van der Waals surface area contributed by atoms with Crippen LogP contribution in [0.4, 0.5) is 0 Å². The van der Waals surface area contributed by atoms with Crippen LogP contribution < -0.4 is 0 Å². The van der Waals surface area contributed by atoms with E-state index in [1.807, 2.05) is 20.8 Å². The van der Waals surface area contributed by atoms with Crippen LogP contribution in [0, 0.1) is 0 Å². The van der Waals surface area contributed by atoms with Crippen LogP contribution in [0.3, 0.4) is 0 Å². The van der Waals surface area contributed by atoms with Gasteiger partial charge in [0.05, 0.1) is 18.3 Å². The maximum Gasteiger partial charge on any atom is 0.118 e. The van der Waals surface area contributed by atoms with Gasteiger partial charge >= 0.3 is 0 Å². The predicted molar refractivity (Wildman–Crippen MR) is 61.3 cm³/mol. The first-order valence-corrected chi connectivity index (χ1v) is 5.71. The Hall–Kier alpha value is -0.160. The fourth-order valence-corrected chi connectivity index (χ4v) is 1.90. The molecule has 1 rings (SSSR count). The van der Waals surface area contributed by atoms with Gasteiger partial charge in [-0.15, -0.1) is 0 Å².